The van der Waals surface area contributed by atoms with Gasteiger partial charge in [0.05, 0.1) is 13.0 Å². The second-order valence-corrected chi connectivity index (χ2v) is 6.82. The number of ether oxygens (including phenoxy) is 1. The summed E-state index contributed by atoms with van der Waals surface area (Å²) >= 11 is 1.57. The van der Waals surface area contributed by atoms with Crippen molar-refractivity contribution in [2.24, 2.45) is 0 Å². The van der Waals surface area contributed by atoms with Crippen LogP contribution in [0.3, 0.4) is 0 Å². The van der Waals surface area contributed by atoms with Crippen molar-refractivity contribution in [2.45, 2.75) is 23.2 Å². The first-order valence-electron chi connectivity index (χ1n) is 7.91. The van der Waals surface area contributed by atoms with Crippen LogP contribution in [0.1, 0.15) is 27.0 Å². The number of carbonyl (C=O) groups excluding carboxylic acids is 2. The van der Waals surface area contributed by atoms with Crippen molar-refractivity contribution in [3.63, 3.8) is 0 Å². The van der Waals surface area contributed by atoms with Crippen LogP contribution in [0.4, 0.5) is 0 Å². The highest BCUT2D eigenvalue weighted by Gasteiger charge is 2.21. The fourth-order valence-electron chi connectivity index (χ4n) is 2.61. The van der Waals surface area contributed by atoms with Gasteiger partial charge in [-0.3, -0.25) is 9.59 Å². The first kappa shape index (κ1) is 17.7. The number of carbonyl (C=O) groups is 2. The lowest BCUT2D eigenvalue weighted by molar-refractivity contribution is -0.146. The Labute approximate surface area is 149 Å². The smallest absolute Gasteiger partial charge is 0.310 e. The number of esters is 1. The zero-order valence-electron chi connectivity index (χ0n) is 13.5. The van der Waals surface area contributed by atoms with Gasteiger partial charge < -0.3 is 14.9 Å². The van der Waals surface area contributed by atoms with E-state index in [0.717, 1.165) is 21.6 Å². The van der Waals surface area contributed by atoms with Crippen LogP contribution in [0.25, 0.3) is 0 Å². The summed E-state index contributed by atoms with van der Waals surface area (Å²) in [4.78, 5) is 25.4. The molecule has 6 heteroatoms. The summed E-state index contributed by atoms with van der Waals surface area (Å²) in [5, 5.41) is 17.9. The topological polar surface area (TPSA) is 83.8 Å². The van der Waals surface area contributed by atoms with Gasteiger partial charge in [-0.05, 0) is 23.3 Å². The summed E-state index contributed by atoms with van der Waals surface area (Å²) in [6.45, 7) is -0.686. The standard InChI is InChI=1S/C19H18O5S/c20-9-14(21)10-24-18(22)8-12-5-6-16-17(7-12)25-11-13-3-1-2-4-15(13)19(16)23/h1-7,14,20-21H,8-11H2. The lowest BCUT2D eigenvalue weighted by Gasteiger charge is -2.10. The number of hydrogen-bond acceptors (Lipinski definition) is 6. The molecule has 0 saturated heterocycles. The van der Waals surface area contributed by atoms with Crippen LogP contribution in [0.5, 0.6) is 0 Å². The molecule has 1 unspecified atom stereocenters. The van der Waals surface area contributed by atoms with E-state index in [4.69, 9.17) is 9.84 Å². The molecule has 1 atom stereocenters. The van der Waals surface area contributed by atoms with Gasteiger partial charge in [-0.25, -0.2) is 0 Å². The third-order valence-electron chi connectivity index (χ3n) is 3.93. The van der Waals surface area contributed by atoms with Crippen molar-refractivity contribution in [3.8, 4) is 0 Å². The molecule has 2 N–H and O–H groups in total. The molecule has 1 aliphatic heterocycles. The zero-order chi connectivity index (χ0) is 17.8. The molecule has 0 radical (unpaired) electrons. The largest absolute Gasteiger partial charge is 0.463 e. The molecule has 1 aliphatic rings. The van der Waals surface area contributed by atoms with E-state index in [2.05, 4.69) is 0 Å². The van der Waals surface area contributed by atoms with Crippen molar-refractivity contribution < 1.29 is 24.5 Å². The van der Waals surface area contributed by atoms with Gasteiger partial charge in [-0.2, -0.15) is 0 Å². The molecule has 130 valence electrons. The first-order valence-corrected chi connectivity index (χ1v) is 8.90. The average Bonchev–Trinajstić information content (AvgIpc) is 2.77. The van der Waals surface area contributed by atoms with Crippen molar-refractivity contribution in [3.05, 3.63) is 64.7 Å². The molecule has 0 aromatic heterocycles. The lowest BCUT2D eigenvalue weighted by Crippen LogP contribution is -2.22. The predicted octanol–water partition coefficient (Wildman–Crippen LogP) is 1.96. The zero-order valence-corrected chi connectivity index (χ0v) is 14.3. The van der Waals surface area contributed by atoms with E-state index in [1.54, 1.807) is 23.9 Å². The molecule has 0 spiro atoms. The Morgan fingerprint density at radius 2 is 2.00 bits per heavy atom. The Hall–Kier alpha value is -2.15. The highest BCUT2D eigenvalue weighted by atomic mass is 32.2. The molecule has 0 aliphatic carbocycles. The highest BCUT2D eigenvalue weighted by molar-refractivity contribution is 7.98. The van der Waals surface area contributed by atoms with Crippen LogP contribution >= 0.6 is 11.8 Å². The average molecular weight is 358 g/mol. The second-order valence-electron chi connectivity index (χ2n) is 5.80. The molecular formula is C19H18O5S. The maximum Gasteiger partial charge on any atom is 0.310 e. The molecule has 1 heterocycles. The molecule has 0 fully saturated rings. The summed E-state index contributed by atoms with van der Waals surface area (Å²) in [7, 11) is 0. The molecular weight excluding hydrogens is 340 g/mol. The third-order valence-corrected chi connectivity index (χ3v) is 5.04. The fraction of sp³-hybridized carbons (Fsp3) is 0.263. The van der Waals surface area contributed by atoms with Gasteiger partial charge in [0.2, 0.25) is 0 Å². The summed E-state index contributed by atoms with van der Waals surface area (Å²) < 4.78 is 4.92. The van der Waals surface area contributed by atoms with Crippen LogP contribution in [0.2, 0.25) is 0 Å². The van der Waals surface area contributed by atoms with Gasteiger partial charge in [0.1, 0.15) is 12.7 Å². The minimum Gasteiger partial charge on any atom is -0.463 e. The van der Waals surface area contributed by atoms with Crippen molar-refractivity contribution in [1.82, 2.24) is 0 Å². The number of hydrogen-bond donors (Lipinski definition) is 2. The van der Waals surface area contributed by atoms with Gasteiger partial charge in [0, 0.05) is 21.8 Å². The first-order chi connectivity index (χ1) is 12.1. The van der Waals surface area contributed by atoms with Crippen LogP contribution in [0.15, 0.2) is 47.4 Å². The number of aliphatic hydroxyl groups is 2. The van der Waals surface area contributed by atoms with E-state index in [1.807, 2.05) is 30.3 Å². The fourth-order valence-corrected chi connectivity index (χ4v) is 3.73. The summed E-state index contributed by atoms with van der Waals surface area (Å²) in [6, 6.07) is 12.9. The van der Waals surface area contributed by atoms with E-state index < -0.39 is 18.7 Å². The number of aliphatic hydroxyl groups excluding tert-OH is 2. The molecule has 25 heavy (non-hydrogen) atoms. The Balaban J connectivity index is 1.75. The number of thioether (sulfide) groups is 1. The number of ketones is 1. The van der Waals surface area contributed by atoms with Crippen LogP contribution < -0.4 is 0 Å². The molecule has 5 nitrogen and oxygen atoms in total. The molecule has 0 bridgehead atoms. The normalized spacial score (nSPS) is 14.2. The maximum absolute atomic E-state index is 12.7. The van der Waals surface area contributed by atoms with Crippen LogP contribution in [-0.4, -0.2) is 41.3 Å². The van der Waals surface area contributed by atoms with Gasteiger partial charge in [0.25, 0.3) is 0 Å². The second kappa shape index (κ2) is 7.82. The lowest BCUT2D eigenvalue weighted by atomic mass is 9.98. The molecule has 2 aromatic rings. The number of fused-ring (bicyclic) bond motifs is 2. The SMILES string of the molecule is O=C(Cc1ccc2c(c1)SCc1ccccc1C2=O)OCC(O)CO. The Morgan fingerprint density at radius 1 is 1.20 bits per heavy atom. The molecule has 2 aromatic carbocycles. The van der Waals surface area contributed by atoms with Crippen molar-refractivity contribution in [2.75, 3.05) is 13.2 Å². The van der Waals surface area contributed by atoms with Gasteiger partial charge in [0.15, 0.2) is 5.78 Å². The number of rotatable bonds is 5. The van der Waals surface area contributed by atoms with E-state index in [9.17, 15) is 14.7 Å². The number of benzene rings is 2. The van der Waals surface area contributed by atoms with E-state index >= 15 is 0 Å². The quantitative estimate of drug-likeness (QED) is 0.795. The Morgan fingerprint density at radius 3 is 2.80 bits per heavy atom. The summed E-state index contributed by atoms with van der Waals surface area (Å²) in [6.07, 6.45) is -1.02. The van der Waals surface area contributed by atoms with Gasteiger partial charge in [-0.1, -0.05) is 30.3 Å². The minimum absolute atomic E-state index is 0.00389. The summed E-state index contributed by atoms with van der Waals surface area (Å²) in [5.74, 6) is 0.211. The third kappa shape index (κ3) is 4.10. The molecule has 3 rings (SSSR count). The minimum atomic E-state index is -1.07. The predicted molar refractivity (Wildman–Crippen MR) is 93.6 cm³/mol. The van der Waals surface area contributed by atoms with Gasteiger partial charge >= 0.3 is 5.97 Å². The van der Waals surface area contributed by atoms with Crippen molar-refractivity contribution in [1.29, 1.82) is 0 Å². The Kier molecular flexibility index (Phi) is 5.53. The highest BCUT2D eigenvalue weighted by Crippen LogP contribution is 2.34. The van der Waals surface area contributed by atoms with Crippen LogP contribution in [-0.2, 0) is 21.7 Å². The van der Waals surface area contributed by atoms with E-state index in [0.29, 0.717) is 11.3 Å². The van der Waals surface area contributed by atoms with E-state index in [-0.39, 0.29) is 18.8 Å². The van der Waals surface area contributed by atoms with Crippen molar-refractivity contribution >= 4 is 23.5 Å². The molecule has 0 amide bonds. The monoisotopic (exact) mass is 358 g/mol. The van der Waals surface area contributed by atoms with Gasteiger partial charge in [-0.15, -0.1) is 11.8 Å². The summed E-state index contributed by atoms with van der Waals surface area (Å²) in [5.41, 5.74) is 3.11. The molecule has 0 saturated carbocycles. The maximum atomic E-state index is 12.7. The Bertz CT molecular complexity index is 802. The van der Waals surface area contributed by atoms with Crippen LogP contribution in [0, 0.1) is 0 Å². The van der Waals surface area contributed by atoms with E-state index in [1.165, 1.54) is 0 Å².